The third-order valence-corrected chi connectivity index (χ3v) is 3.40. The largest absolute Gasteiger partial charge is 0.374 e. The average Bonchev–Trinajstić information content (AvgIpc) is 2.79. The fourth-order valence-electron chi connectivity index (χ4n) is 1.48. The summed E-state index contributed by atoms with van der Waals surface area (Å²) in [6.45, 7) is 5.57. The third-order valence-electron chi connectivity index (χ3n) is 2.29. The van der Waals surface area contributed by atoms with Crippen molar-refractivity contribution in [1.29, 1.82) is 0 Å². The van der Waals surface area contributed by atoms with Crippen LogP contribution in [0.5, 0.6) is 0 Å². The van der Waals surface area contributed by atoms with E-state index in [1.807, 2.05) is 20.0 Å². The van der Waals surface area contributed by atoms with E-state index in [-0.39, 0.29) is 0 Å². The summed E-state index contributed by atoms with van der Waals surface area (Å²) in [4.78, 5) is 13.8. The second-order valence-electron chi connectivity index (χ2n) is 3.83. The number of aromatic nitrogens is 3. The Labute approximate surface area is 121 Å². The Balaban J connectivity index is 2.01. The normalized spacial score (nSPS) is 10.7. The smallest absolute Gasteiger partial charge is 0.158 e. The van der Waals surface area contributed by atoms with Crippen molar-refractivity contribution in [3.8, 4) is 0 Å². The molecule has 0 radical (unpaired) electrons. The zero-order valence-electron chi connectivity index (χ0n) is 10.8. The number of aryl methyl sites for hydroxylation is 1. The van der Waals surface area contributed by atoms with E-state index in [4.69, 9.17) is 16.3 Å². The molecule has 2 rings (SSSR count). The molecule has 0 aromatic carbocycles. The van der Waals surface area contributed by atoms with Gasteiger partial charge in [0, 0.05) is 23.7 Å². The summed E-state index contributed by atoms with van der Waals surface area (Å²) in [6.07, 6.45) is 1.86. The maximum Gasteiger partial charge on any atom is 0.158 e. The van der Waals surface area contributed by atoms with Crippen LogP contribution in [0.1, 0.15) is 22.6 Å². The summed E-state index contributed by atoms with van der Waals surface area (Å²) in [5.74, 6) is 1.28. The van der Waals surface area contributed by atoms with Gasteiger partial charge in [0.05, 0.1) is 11.6 Å². The van der Waals surface area contributed by atoms with Gasteiger partial charge < -0.3 is 10.1 Å². The number of hydrogen-bond acceptors (Lipinski definition) is 6. The number of halogens is 1. The molecule has 1 N–H and O–H groups in total. The van der Waals surface area contributed by atoms with Crippen LogP contribution in [0.3, 0.4) is 0 Å². The molecule has 102 valence electrons. The summed E-state index contributed by atoms with van der Waals surface area (Å²) in [5, 5.41) is 4.67. The van der Waals surface area contributed by atoms with E-state index in [2.05, 4.69) is 20.3 Å². The first-order valence-corrected chi connectivity index (χ1v) is 7.13. The summed E-state index contributed by atoms with van der Waals surface area (Å²) < 4.78 is 5.28. The lowest BCUT2D eigenvalue weighted by Gasteiger charge is -2.06. The van der Waals surface area contributed by atoms with Crippen LogP contribution < -0.4 is 5.32 Å². The highest BCUT2D eigenvalue weighted by molar-refractivity contribution is 7.11. The number of thiazole rings is 1. The summed E-state index contributed by atoms with van der Waals surface area (Å²) in [6, 6.07) is 1.70. The molecule has 2 aromatic rings. The Bertz CT molecular complexity index is 546. The summed E-state index contributed by atoms with van der Waals surface area (Å²) in [5.41, 5.74) is 0. The Kier molecular flexibility index (Phi) is 5.07. The van der Waals surface area contributed by atoms with Gasteiger partial charge in [0.25, 0.3) is 0 Å². The standard InChI is InChI=1S/C12H15ClN4OS/c1-3-18-7-12-16-10(13)4-11(17-12)15-6-9-5-14-8(2)19-9/h4-5H,3,6-7H2,1-2H3,(H,15,16,17). The minimum Gasteiger partial charge on any atom is -0.374 e. The first-order chi connectivity index (χ1) is 9.17. The van der Waals surface area contributed by atoms with E-state index in [1.165, 1.54) is 0 Å². The van der Waals surface area contributed by atoms with Gasteiger partial charge in [-0.3, -0.25) is 0 Å². The highest BCUT2D eigenvalue weighted by atomic mass is 35.5. The zero-order chi connectivity index (χ0) is 13.7. The Hall–Kier alpha value is -1.24. The van der Waals surface area contributed by atoms with E-state index in [0.717, 1.165) is 9.88 Å². The topological polar surface area (TPSA) is 59.9 Å². The van der Waals surface area contributed by atoms with Crippen LogP contribution in [0.15, 0.2) is 12.3 Å². The molecule has 0 saturated heterocycles. The quantitative estimate of drug-likeness (QED) is 0.831. The lowest BCUT2D eigenvalue weighted by Crippen LogP contribution is -2.05. The molecule has 2 heterocycles. The molecule has 0 spiro atoms. The highest BCUT2D eigenvalue weighted by Gasteiger charge is 2.04. The van der Waals surface area contributed by atoms with E-state index < -0.39 is 0 Å². The molecule has 0 saturated carbocycles. The molecule has 0 aliphatic carbocycles. The minimum absolute atomic E-state index is 0.366. The number of ether oxygens (including phenoxy) is 1. The zero-order valence-corrected chi connectivity index (χ0v) is 12.4. The second kappa shape index (κ2) is 6.79. The average molecular weight is 299 g/mol. The Morgan fingerprint density at radius 2 is 2.26 bits per heavy atom. The second-order valence-corrected chi connectivity index (χ2v) is 5.53. The molecule has 0 aliphatic rings. The van der Waals surface area contributed by atoms with Crippen LogP contribution >= 0.6 is 22.9 Å². The monoisotopic (exact) mass is 298 g/mol. The first kappa shape index (κ1) is 14.2. The number of rotatable bonds is 6. The molecule has 2 aromatic heterocycles. The molecule has 5 nitrogen and oxygen atoms in total. The van der Waals surface area contributed by atoms with E-state index in [1.54, 1.807) is 17.4 Å². The van der Waals surface area contributed by atoms with Crippen molar-refractivity contribution in [2.75, 3.05) is 11.9 Å². The van der Waals surface area contributed by atoms with Crippen LogP contribution in [-0.4, -0.2) is 21.6 Å². The maximum atomic E-state index is 5.96. The van der Waals surface area contributed by atoms with Crippen molar-refractivity contribution >= 4 is 28.8 Å². The van der Waals surface area contributed by atoms with Crippen molar-refractivity contribution in [3.63, 3.8) is 0 Å². The number of hydrogen-bond donors (Lipinski definition) is 1. The molecule has 0 atom stereocenters. The third kappa shape index (κ3) is 4.41. The van der Waals surface area contributed by atoms with Gasteiger partial charge in [-0.05, 0) is 13.8 Å². The number of nitrogens with one attached hydrogen (secondary N) is 1. The molecular weight excluding hydrogens is 284 g/mol. The Morgan fingerprint density at radius 3 is 2.95 bits per heavy atom. The van der Waals surface area contributed by atoms with Crippen molar-refractivity contribution in [1.82, 2.24) is 15.0 Å². The van der Waals surface area contributed by atoms with Crippen molar-refractivity contribution in [2.24, 2.45) is 0 Å². The molecule has 0 amide bonds. The van der Waals surface area contributed by atoms with Crippen molar-refractivity contribution < 1.29 is 4.74 Å². The fourth-order valence-corrected chi connectivity index (χ4v) is 2.41. The van der Waals surface area contributed by atoms with Crippen LogP contribution in [0.25, 0.3) is 0 Å². The molecular formula is C12H15ClN4OS. The van der Waals surface area contributed by atoms with Gasteiger partial charge in [-0.2, -0.15) is 0 Å². The van der Waals surface area contributed by atoms with E-state index in [0.29, 0.717) is 36.6 Å². The predicted octanol–water partition coefficient (Wildman–Crippen LogP) is 3.04. The number of anilines is 1. The van der Waals surface area contributed by atoms with Gasteiger partial charge >= 0.3 is 0 Å². The molecule has 7 heteroatoms. The van der Waals surface area contributed by atoms with Crippen LogP contribution in [0, 0.1) is 6.92 Å². The van der Waals surface area contributed by atoms with Gasteiger partial charge in [0.1, 0.15) is 17.6 Å². The Morgan fingerprint density at radius 1 is 1.42 bits per heavy atom. The van der Waals surface area contributed by atoms with Gasteiger partial charge in [0.15, 0.2) is 5.82 Å². The maximum absolute atomic E-state index is 5.96. The highest BCUT2D eigenvalue weighted by Crippen LogP contribution is 2.16. The molecule has 0 unspecified atom stereocenters. The van der Waals surface area contributed by atoms with Gasteiger partial charge in [-0.1, -0.05) is 11.6 Å². The van der Waals surface area contributed by atoms with Gasteiger partial charge in [-0.25, -0.2) is 15.0 Å². The fraction of sp³-hybridized carbons (Fsp3) is 0.417. The van der Waals surface area contributed by atoms with Crippen molar-refractivity contribution in [2.45, 2.75) is 27.0 Å². The van der Waals surface area contributed by atoms with Crippen LogP contribution in [0.4, 0.5) is 5.82 Å². The summed E-state index contributed by atoms with van der Waals surface area (Å²) >= 11 is 7.61. The lowest BCUT2D eigenvalue weighted by molar-refractivity contribution is 0.128. The molecule has 19 heavy (non-hydrogen) atoms. The molecule has 0 fully saturated rings. The van der Waals surface area contributed by atoms with Crippen molar-refractivity contribution in [3.05, 3.63) is 33.1 Å². The van der Waals surface area contributed by atoms with E-state index in [9.17, 15) is 0 Å². The van der Waals surface area contributed by atoms with Gasteiger partial charge in [0.2, 0.25) is 0 Å². The molecule has 0 aliphatic heterocycles. The first-order valence-electron chi connectivity index (χ1n) is 5.93. The predicted molar refractivity (Wildman–Crippen MR) is 76.5 cm³/mol. The SMILES string of the molecule is CCOCc1nc(Cl)cc(NCc2cnc(C)s2)n1. The molecule has 0 bridgehead atoms. The number of nitrogens with zero attached hydrogens (tertiary/aromatic N) is 3. The van der Waals surface area contributed by atoms with E-state index >= 15 is 0 Å². The lowest BCUT2D eigenvalue weighted by atomic mass is 10.5. The van der Waals surface area contributed by atoms with Gasteiger partial charge in [-0.15, -0.1) is 11.3 Å². The summed E-state index contributed by atoms with van der Waals surface area (Å²) in [7, 11) is 0. The van der Waals surface area contributed by atoms with Crippen LogP contribution in [-0.2, 0) is 17.9 Å². The minimum atomic E-state index is 0.366. The van der Waals surface area contributed by atoms with Crippen LogP contribution in [0.2, 0.25) is 5.15 Å².